The predicted octanol–water partition coefficient (Wildman–Crippen LogP) is 3.71. The Labute approximate surface area is 150 Å². The molecule has 25 heavy (non-hydrogen) atoms. The molecular formula is C18H18N6S. The van der Waals surface area contributed by atoms with Crippen LogP contribution in [0.1, 0.15) is 12.6 Å². The summed E-state index contributed by atoms with van der Waals surface area (Å²) >= 11 is 5.40. The van der Waals surface area contributed by atoms with Gasteiger partial charge in [0.15, 0.2) is 4.77 Å². The number of aromatic nitrogens is 5. The minimum absolute atomic E-state index is 0.727. The lowest BCUT2D eigenvalue weighted by Gasteiger charge is -2.08. The molecular weight excluding hydrogens is 332 g/mol. The Kier molecular flexibility index (Phi) is 4.15. The molecule has 6 nitrogen and oxygen atoms in total. The van der Waals surface area contributed by atoms with Crippen LogP contribution >= 0.6 is 12.2 Å². The highest BCUT2D eigenvalue weighted by Gasteiger charge is 2.09. The monoisotopic (exact) mass is 350 g/mol. The molecule has 0 unspecified atom stereocenters. The number of H-pyrrole nitrogens is 1. The Bertz CT molecular complexity index is 1080. The maximum Gasteiger partial charge on any atom is 0.178 e. The van der Waals surface area contributed by atoms with Gasteiger partial charge in [0.1, 0.15) is 12.1 Å². The largest absolute Gasteiger partial charge is 0.369 e. The number of imidazole rings is 1. The van der Waals surface area contributed by atoms with E-state index >= 15 is 0 Å². The summed E-state index contributed by atoms with van der Waals surface area (Å²) < 4.78 is 2.80. The van der Waals surface area contributed by atoms with Crippen LogP contribution in [0.25, 0.3) is 21.9 Å². The molecule has 0 saturated heterocycles. The highest BCUT2D eigenvalue weighted by molar-refractivity contribution is 7.71. The van der Waals surface area contributed by atoms with E-state index in [0.29, 0.717) is 0 Å². The van der Waals surface area contributed by atoms with Crippen LogP contribution in [0, 0.1) is 4.77 Å². The molecule has 0 aliphatic heterocycles. The van der Waals surface area contributed by atoms with E-state index < -0.39 is 0 Å². The van der Waals surface area contributed by atoms with Gasteiger partial charge in [0.2, 0.25) is 0 Å². The first-order chi connectivity index (χ1) is 12.3. The van der Waals surface area contributed by atoms with E-state index in [2.05, 4.69) is 48.9 Å². The molecule has 3 aromatic heterocycles. The van der Waals surface area contributed by atoms with Crippen LogP contribution in [-0.4, -0.2) is 31.0 Å². The van der Waals surface area contributed by atoms with Gasteiger partial charge in [-0.2, -0.15) is 0 Å². The SMILES string of the molecule is CCn1c(=S)[nH]c2cc3c(NCCc4ccccn4)ncnc3cc21. The number of hydrogen-bond acceptors (Lipinski definition) is 5. The van der Waals surface area contributed by atoms with Crippen molar-refractivity contribution in [1.82, 2.24) is 24.5 Å². The predicted molar refractivity (Wildman–Crippen MR) is 102 cm³/mol. The average Bonchev–Trinajstić information content (AvgIpc) is 2.95. The van der Waals surface area contributed by atoms with Gasteiger partial charge in [0, 0.05) is 36.8 Å². The summed E-state index contributed by atoms with van der Waals surface area (Å²) in [5.41, 5.74) is 4.03. The molecule has 0 atom stereocenters. The lowest BCUT2D eigenvalue weighted by atomic mass is 10.2. The fraction of sp³-hybridized carbons (Fsp3) is 0.222. The van der Waals surface area contributed by atoms with E-state index in [4.69, 9.17) is 12.2 Å². The molecule has 0 bridgehead atoms. The van der Waals surface area contributed by atoms with Crippen molar-refractivity contribution in [3.05, 3.63) is 53.3 Å². The maximum absolute atomic E-state index is 5.40. The molecule has 0 aliphatic rings. The molecule has 0 saturated carbocycles. The molecule has 0 aliphatic carbocycles. The van der Waals surface area contributed by atoms with Gasteiger partial charge in [-0.05, 0) is 43.4 Å². The Balaban J connectivity index is 1.67. The first-order valence-electron chi connectivity index (χ1n) is 8.27. The standard InChI is InChI=1S/C18H18N6S/c1-2-24-16-10-14-13(9-15(16)23-18(24)25)17(22-11-21-14)20-8-6-12-5-3-4-7-19-12/h3-5,7,9-11H,2,6,8H2,1H3,(H,23,25)(H,20,21,22). The van der Waals surface area contributed by atoms with Crippen LogP contribution in [0.3, 0.4) is 0 Å². The van der Waals surface area contributed by atoms with Gasteiger partial charge in [0.05, 0.1) is 16.6 Å². The van der Waals surface area contributed by atoms with Gasteiger partial charge in [-0.1, -0.05) is 6.07 Å². The number of nitrogens with one attached hydrogen (secondary N) is 2. The number of nitrogens with zero attached hydrogens (tertiary/aromatic N) is 4. The summed E-state index contributed by atoms with van der Waals surface area (Å²) in [6.45, 7) is 3.66. The third kappa shape index (κ3) is 2.98. The topological polar surface area (TPSA) is 71.4 Å². The van der Waals surface area contributed by atoms with Crippen molar-refractivity contribution in [3.63, 3.8) is 0 Å². The summed E-state index contributed by atoms with van der Waals surface area (Å²) in [6.07, 6.45) is 4.24. The van der Waals surface area contributed by atoms with Gasteiger partial charge in [-0.15, -0.1) is 0 Å². The normalized spacial score (nSPS) is 11.2. The summed E-state index contributed by atoms with van der Waals surface area (Å²) in [7, 11) is 0. The van der Waals surface area contributed by atoms with Crippen molar-refractivity contribution in [1.29, 1.82) is 0 Å². The molecule has 4 rings (SSSR count). The maximum atomic E-state index is 5.40. The fourth-order valence-electron chi connectivity index (χ4n) is 3.02. The van der Waals surface area contributed by atoms with Gasteiger partial charge in [-0.3, -0.25) is 4.98 Å². The van der Waals surface area contributed by atoms with E-state index in [1.54, 1.807) is 6.33 Å². The summed E-state index contributed by atoms with van der Waals surface area (Å²) in [5.74, 6) is 0.825. The second-order valence-corrected chi connectivity index (χ2v) is 6.17. The molecule has 1 aromatic carbocycles. The molecule has 126 valence electrons. The molecule has 0 fully saturated rings. The van der Waals surface area contributed by atoms with Crippen molar-refractivity contribution in [2.45, 2.75) is 19.9 Å². The summed E-state index contributed by atoms with van der Waals surface area (Å²) in [4.78, 5) is 16.4. The number of fused-ring (bicyclic) bond motifs is 2. The van der Waals surface area contributed by atoms with Crippen LogP contribution in [0.5, 0.6) is 0 Å². The number of hydrogen-bond donors (Lipinski definition) is 2. The van der Waals surface area contributed by atoms with Gasteiger partial charge < -0.3 is 14.9 Å². The third-order valence-corrected chi connectivity index (χ3v) is 4.57. The molecule has 4 aromatic rings. The van der Waals surface area contributed by atoms with Crippen molar-refractivity contribution in [2.75, 3.05) is 11.9 Å². The zero-order valence-corrected chi connectivity index (χ0v) is 14.7. The molecule has 0 spiro atoms. The van der Waals surface area contributed by atoms with Crippen molar-refractivity contribution >= 4 is 40.0 Å². The number of pyridine rings is 1. The van der Waals surface area contributed by atoms with Gasteiger partial charge >= 0.3 is 0 Å². The highest BCUT2D eigenvalue weighted by Crippen LogP contribution is 2.25. The fourth-order valence-corrected chi connectivity index (χ4v) is 3.35. The first kappa shape index (κ1) is 15.7. The highest BCUT2D eigenvalue weighted by atomic mass is 32.1. The third-order valence-electron chi connectivity index (χ3n) is 4.25. The number of aromatic amines is 1. The summed E-state index contributed by atoms with van der Waals surface area (Å²) in [5, 5.41) is 4.38. The zero-order chi connectivity index (χ0) is 17.2. The van der Waals surface area contributed by atoms with Crippen LogP contribution in [0.15, 0.2) is 42.9 Å². The average molecular weight is 350 g/mol. The Hall–Kier alpha value is -2.80. The summed E-state index contributed by atoms with van der Waals surface area (Å²) in [6, 6.07) is 10.1. The first-order valence-corrected chi connectivity index (χ1v) is 8.68. The molecule has 3 heterocycles. The minimum atomic E-state index is 0.727. The van der Waals surface area contributed by atoms with Crippen LogP contribution in [0.4, 0.5) is 5.82 Å². The number of anilines is 1. The lowest BCUT2D eigenvalue weighted by molar-refractivity contribution is 0.774. The Morgan fingerprint density at radius 3 is 2.92 bits per heavy atom. The number of aryl methyl sites for hydroxylation is 1. The van der Waals surface area contributed by atoms with E-state index in [1.165, 1.54) is 0 Å². The van der Waals surface area contributed by atoms with E-state index in [9.17, 15) is 0 Å². The quantitative estimate of drug-likeness (QED) is 0.537. The number of benzene rings is 1. The van der Waals surface area contributed by atoms with Crippen molar-refractivity contribution in [2.24, 2.45) is 0 Å². The van der Waals surface area contributed by atoms with Crippen molar-refractivity contribution in [3.8, 4) is 0 Å². The number of rotatable bonds is 5. The smallest absolute Gasteiger partial charge is 0.178 e. The zero-order valence-electron chi connectivity index (χ0n) is 13.9. The molecule has 7 heteroatoms. The van der Waals surface area contributed by atoms with E-state index in [0.717, 1.165) is 57.7 Å². The van der Waals surface area contributed by atoms with E-state index in [1.807, 2.05) is 24.4 Å². The minimum Gasteiger partial charge on any atom is -0.369 e. The molecule has 0 radical (unpaired) electrons. The molecule has 2 N–H and O–H groups in total. The second kappa shape index (κ2) is 6.60. The Morgan fingerprint density at radius 1 is 1.20 bits per heavy atom. The Morgan fingerprint density at radius 2 is 2.12 bits per heavy atom. The van der Waals surface area contributed by atoms with E-state index in [-0.39, 0.29) is 0 Å². The van der Waals surface area contributed by atoms with Crippen LogP contribution in [0.2, 0.25) is 0 Å². The van der Waals surface area contributed by atoms with Gasteiger partial charge in [0.25, 0.3) is 0 Å². The van der Waals surface area contributed by atoms with Crippen molar-refractivity contribution < 1.29 is 0 Å². The van der Waals surface area contributed by atoms with Gasteiger partial charge in [-0.25, -0.2) is 9.97 Å². The molecule has 0 amide bonds. The van der Waals surface area contributed by atoms with Crippen LogP contribution in [-0.2, 0) is 13.0 Å². The van der Waals surface area contributed by atoms with Crippen LogP contribution < -0.4 is 5.32 Å². The second-order valence-electron chi connectivity index (χ2n) is 5.78. The lowest BCUT2D eigenvalue weighted by Crippen LogP contribution is -2.08.